The van der Waals surface area contributed by atoms with E-state index >= 15 is 0 Å². The number of pyridine rings is 1. The summed E-state index contributed by atoms with van der Waals surface area (Å²) in [7, 11) is 0. The molecule has 20 heavy (non-hydrogen) atoms. The highest BCUT2D eigenvalue weighted by Gasteiger charge is 2.08. The lowest BCUT2D eigenvalue weighted by molar-refractivity contribution is 0.817. The molecule has 100 valence electrons. The monoisotopic (exact) mass is 325 g/mol. The first kappa shape index (κ1) is 13.3. The Morgan fingerprint density at radius 3 is 2.65 bits per heavy atom. The van der Waals surface area contributed by atoms with Crippen molar-refractivity contribution in [2.75, 3.05) is 0 Å². The van der Waals surface area contributed by atoms with Gasteiger partial charge in [-0.1, -0.05) is 64.5 Å². The summed E-state index contributed by atoms with van der Waals surface area (Å²) >= 11 is 3.79. The van der Waals surface area contributed by atoms with Crippen LogP contribution in [0.2, 0.25) is 0 Å². The van der Waals surface area contributed by atoms with Gasteiger partial charge in [0.25, 0.3) is 0 Å². The molecule has 0 N–H and O–H groups in total. The van der Waals surface area contributed by atoms with Gasteiger partial charge < -0.3 is 0 Å². The fraction of sp³-hybridized carbons (Fsp3) is 0.167. The van der Waals surface area contributed by atoms with E-state index in [2.05, 4.69) is 75.5 Å². The summed E-state index contributed by atoms with van der Waals surface area (Å²) in [6.07, 6.45) is 5.95. The summed E-state index contributed by atoms with van der Waals surface area (Å²) in [5, 5.41) is 2.53. The molecule has 0 saturated heterocycles. The molecule has 1 heterocycles. The topological polar surface area (TPSA) is 12.9 Å². The Labute approximate surface area is 127 Å². The standard InChI is InChI=1S/C18H16BrN/c19-18(16-5-2-1-3-6-16)10-9-14-7-4-8-15-11-12-20-13-17(14)15/h1-8,11-13,18H,9-10H2. The summed E-state index contributed by atoms with van der Waals surface area (Å²) in [6, 6.07) is 19.1. The maximum Gasteiger partial charge on any atom is 0.0398 e. The van der Waals surface area contributed by atoms with E-state index < -0.39 is 0 Å². The van der Waals surface area contributed by atoms with Crippen molar-refractivity contribution in [3.05, 3.63) is 78.1 Å². The van der Waals surface area contributed by atoms with Gasteiger partial charge in [0.1, 0.15) is 0 Å². The number of fused-ring (bicyclic) bond motifs is 1. The van der Waals surface area contributed by atoms with Gasteiger partial charge in [-0.15, -0.1) is 0 Å². The molecule has 1 nitrogen and oxygen atoms in total. The van der Waals surface area contributed by atoms with Gasteiger partial charge in [0.05, 0.1) is 0 Å². The summed E-state index contributed by atoms with van der Waals surface area (Å²) < 4.78 is 0. The quantitative estimate of drug-likeness (QED) is 0.593. The Hall–Kier alpha value is -1.67. The molecule has 0 saturated carbocycles. The first-order valence-electron chi connectivity index (χ1n) is 6.85. The number of rotatable bonds is 4. The molecule has 3 aromatic rings. The summed E-state index contributed by atoms with van der Waals surface area (Å²) in [4.78, 5) is 4.65. The third-order valence-electron chi connectivity index (χ3n) is 3.60. The first-order chi connectivity index (χ1) is 9.84. The second kappa shape index (κ2) is 6.19. The fourth-order valence-electron chi connectivity index (χ4n) is 2.51. The highest BCUT2D eigenvalue weighted by atomic mass is 79.9. The van der Waals surface area contributed by atoms with Gasteiger partial charge in [-0.25, -0.2) is 0 Å². The van der Waals surface area contributed by atoms with Crippen LogP contribution < -0.4 is 0 Å². The Morgan fingerprint density at radius 1 is 0.950 bits per heavy atom. The lowest BCUT2D eigenvalue weighted by Crippen LogP contribution is -1.94. The van der Waals surface area contributed by atoms with Crippen LogP contribution in [0.3, 0.4) is 0 Å². The zero-order chi connectivity index (χ0) is 13.8. The molecule has 0 bridgehead atoms. The minimum Gasteiger partial charge on any atom is -0.264 e. The highest BCUT2D eigenvalue weighted by molar-refractivity contribution is 9.09. The van der Waals surface area contributed by atoms with Gasteiger partial charge in [0, 0.05) is 22.6 Å². The van der Waals surface area contributed by atoms with Crippen molar-refractivity contribution >= 4 is 26.7 Å². The van der Waals surface area contributed by atoms with Crippen LogP contribution in [0.15, 0.2) is 67.0 Å². The summed E-state index contributed by atoms with van der Waals surface area (Å²) in [5.74, 6) is 0. The molecular formula is C18H16BrN. The Kier molecular flexibility index (Phi) is 4.12. The maximum absolute atomic E-state index is 4.25. The molecule has 1 unspecified atom stereocenters. The molecule has 0 aliphatic heterocycles. The number of hydrogen-bond donors (Lipinski definition) is 0. The first-order valence-corrected chi connectivity index (χ1v) is 7.77. The molecule has 2 heteroatoms. The number of hydrogen-bond acceptors (Lipinski definition) is 1. The molecule has 0 aliphatic carbocycles. The van der Waals surface area contributed by atoms with Crippen LogP contribution >= 0.6 is 15.9 Å². The molecule has 1 atom stereocenters. The number of aryl methyl sites for hydroxylation is 1. The zero-order valence-electron chi connectivity index (χ0n) is 11.2. The number of halogens is 1. The molecule has 0 fully saturated rings. The third-order valence-corrected chi connectivity index (χ3v) is 4.59. The van der Waals surface area contributed by atoms with E-state index in [4.69, 9.17) is 0 Å². The summed E-state index contributed by atoms with van der Waals surface area (Å²) in [6.45, 7) is 0. The van der Waals surface area contributed by atoms with Crippen LogP contribution in [0.25, 0.3) is 10.8 Å². The summed E-state index contributed by atoms with van der Waals surface area (Å²) in [5.41, 5.74) is 2.71. The van der Waals surface area contributed by atoms with E-state index in [1.165, 1.54) is 21.9 Å². The van der Waals surface area contributed by atoms with Gasteiger partial charge in [0.2, 0.25) is 0 Å². The molecule has 0 spiro atoms. The van der Waals surface area contributed by atoms with Crippen LogP contribution in [0, 0.1) is 0 Å². The van der Waals surface area contributed by atoms with Crippen molar-refractivity contribution in [3.8, 4) is 0 Å². The average Bonchev–Trinajstić information content (AvgIpc) is 2.53. The lowest BCUT2D eigenvalue weighted by atomic mass is 10.00. The number of aromatic nitrogens is 1. The van der Waals surface area contributed by atoms with E-state index in [1.807, 2.05) is 12.4 Å². The number of nitrogens with zero attached hydrogens (tertiary/aromatic N) is 1. The normalized spacial score (nSPS) is 12.4. The van der Waals surface area contributed by atoms with Crippen LogP contribution in [-0.2, 0) is 6.42 Å². The van der Waals surface area contributed by atoms with Crippen molar-refractivity contribution < 1.29 is 0 Å². The molecule has 2 aromatic carbocycles. The van der Waals surface area contributed by atoms with Gasteiger partial charge in [-0.3, -0.25) is 4.98 Å². The van der Waals surface area contributed by atoms with Crippen LogP contribution in [0.5, 0.6) is 0 Å². The SMILES string of the molecule is BrC(CCc1cccc2ccncc12)c1ccccc1. The maximum atomic E-state index is 4.25. The van der Waals surface area contributed by atoms with Gasteiger partial charge >= 0.3 is 0 Å². The van der Waals surface area contributed by atoms with Gasteiger partial charge in [0.15, 0.2) is 0 Å². The molecule has 0 aliphatic rings. The van der Waals surface area contributed by atoms with Crippen LogP contribution in [0.4, 0.5) is 0 Å². The van der Waals surface area contributed by atoms with Crippen molar-refractivity contribution in [2.45, 2.75) is 17.7 Å². The minimum atomic E-state index is 0.399. The predicted molar refractivity (Wildman–Crippen MR) is 88.2 cm³/mol. The van der Waals surface area contributed by atoms with E-state index in [-0.39, 0.29) is 0 Å². The van der Waals surface area contributed by atoms with E-state index in [9.17, 15) is 0 Å². The minimum absolute atomic E-state index is 0.399. The second-order valence-electron chi connectivity index (χ2n) is 4.93. The molecule has 3 rings (SSSR count). The van der Waals surface area contributed by atoms with Crippen molar-refractivity contribution in [1.82, 2.24) is 4.98 Å². The Bertz CT molecular complexity index is 689. The predicted octanol–water partition coefficient (Wildman–Crippen LogP) is 5.30. The third kappa shape index (κ3) is 2.91. The highest BCUT2D eigenvalue weighted by Crippen LogP contribution is 2.29. The zero-order valence-corrected chi connectivity index (χ0v) is 12.8. The smallest absolute Gasteiger partial charge is 0.0398 e. The van der Waals surface area contributed by atoms with Crippen molar-refractivity contribution in [1.29, 1.82) is 0 Å². The Balaban J connectivity index is 1.77. The second-order valence-corrected chi connectivity index (χ2v) is 6.04. The van der Waals surface area contributed by atoms with Crippen LogP contribution in [-0.4, -0.2) is 4.98 Å². The van der Waals surface area contributed by atoms with Crippen molar-refractivity contribution in [2.24, 2.45) is 0 Å². The number of alkyl halides is 1. The Morgan fingerprint density at radius 2 is 1.80 bits per heavy atom. The van der Waals surface area contributed by atoms with E-state index in [1.54, 1.807) is 0 Å². The fourth-order valence-corrected chi connectivity index (χ4v) is 3.04. The van der Waals surface area contributed by atoms with E-state index in [0.717, 1.165) is 12.8 Å². The lowest BCUT2D eigenvalue weighted by Gasteiger charge is -2.11. The largest absolute Gasteiger partial charge is 0.264 e. The number of benzene rings is 2. The molecule has 0 radical (unpaired) electrons. The molecule has 1 aromatic heterocycles. The van der Waals surface area contributed by atoms with Crippen molar-refractivity contribution in [3.63, 3.8) is 0 Å². The van der Waals surface area contributed by atoms with Crippen LogP contribution in [0.1, 0.15) is 22.4 Å². The molecule has 0 amide bonds. The van der Waals surface area contributed by atoms with Gasteiger partial charge in [-0.05, 0) is 35.4 Å². The van der Waals surface area contributed by atoms with Gasteiger partial charge in [-0.2, -0.15) is 0 Å². The van der Waals surface area contributed by atoms with E-state index in [0.29, 0.717) is 4.83 Å². The molecular weight excluding hydrogens is 310 g/mol. The average molecular weight is 326 g/mol.